The number of hydrogen-bond acceptors (Lipinski definition) is 2. The minimum atomic E-state index is -0.152. The van der Waals surface area contributed by atoms with Crippen LogP contribution < -0.4 is 5.32 Å². The number of nitrogens with one attached hydrogen (secondary N) is 1. The summed E-state index contributed by atoms with van der Waals surface area (Å²) >= 11 is 0. The highest BCUT2D eigenvalue weighted by molar-refractivity contribution is 6.02. The van der Waals surface area contributed by atoms with Crippen LogP contribution >= 0.6 is 0 Å². The Hall–Kier alpha value is -2.04. The van der Waals surface area contributed by atoms with Crippen molar-refractivity contribution in [3.63, 3.8) is 0 Å². The standard InChI is InChI=1S/C10H12N4O/c1-13-6-3-4-8(13)10(15)11-9-5-7-14(2)12-9/h3-7H,1-2H3,(H,11,12,15). The topological polar surface area (TPSA) is 51.9 Å². The fourth-order valence-corrected chi connectivity index (χ4v) is 1.36. The van der Waals surface area contributed by atoms with E-state index < -0.39 is 0 Å². The van der Waals surface area contributed by atoms with E-state index in [1.807, 2.05) is 19.3 Å². The van der Waals surface area contributed by atoms with Crippen molar-refractivity contribution in [3.8, 4) is 0 Å². The zero-order chi connectivity index (χ0) is 10.8. The Balaban J connectivity index is 2.14. The largest absolute Gasteiger partial charge is 0.347 e. The second-order valence-electron chi connectivity index (χ2n) is 3.33. The van der Waals surface area contributed by atoms with Gasteiger partial charge in [0.05, 0.1) is 0 Å². The summed E-state index contributed by atoms with van der Waals surface area (Å²) in [6.45, 7) is 0. The Morgan fingerprint density at radius 1 is 1.33 bits per heavy atom. The van der Waals surface area contributed by atoms with Crippen molar-refractivity contribution in [2.45, 2.75) is 0 Å². The van der Waals surface area contributed by atoms with Crippen LogP contribution in [0.5, 0.6) is 0 Å². The highest BCUT2D eigenvalue weighted by atomic mass is 16.2. The van der Waals surface area contributed by atoms with E-state index in [1.54, 1.807) is 34.6 Å². The normalized spacial score (nSPS) is 10.3. The van der Waals surface area contributed by atoms with Crippen molar-refractivity contribution in [1.29, 1.82) is 0 Å². The molecular formula is C10H12N4O. The first-order valence-corrected chi connectivity index (χ1v) is 4.59. The van der Waals surface area contributed by atoms with Gasteiger partial charge in [0.15, 0.2) is 5.82 Å². The van der Waals surface area contributed by atoms with Gasteiger partial charge >= 0.3 is 0 Å². The highest BCUT2D eigenvalue weighted by Crippen LogP contribution is 2.05. The monoisotopic (exact) mass is 204 g/mol. The number of carbonyl (C=O) groups is 1. The van der Waals surface area contributed by atoms with Crippen LogP contribution in [0, 0.1) is 0 Å². The predicted molar refractivity (Wildman–Crippen MR) is 56.6 cm³/mol. The summed E-state index contributed by atoms with van der Waals surface area (Å²) in [6.07, 6.45) is 3.61. The molecule has 2 heterocycles. The summed E-state index contributed by atoms with van der Waals surface area (Å²) in [6, 6.07) is 5.34. The van der Waals surface area contributed by atoms with Gasteiger partial charge in [0.1, 0.15) is 5.69 Å². The number of hydrogen-bond donors (Lipinski definition) is 1. The van der Waals surface area contributed by atoms with Crippen LogP contribution in [-0.4, -0.2) is 20.3 Å². The molecule has 1 amide bonds. The number of aryl methyl sites for hydroxylation is 2. The van der Waals surface area contributed by atoms with Gasteiger partial charge in [0.2, 0.25) is 0 Å². The molecule has 0 atom stereocenters. The molecule has 1 N–H and O–H groups in total. The van der Waals surface area contributed by atoms with Crippen molar-refractivity contribution >= 4 is 11.7 Å². The van der Waals surface area contributed by atoms with E-state index in [9.17, 15) is 4.79 Å². The second-order valence-corrected chi connectivity index (χ2v) is 3.33. The smallest absolute Gasteiger partial charge is 0.273 e. The fraction of sp³-hybridized carbons (Fsp3) is 0.200. The van der Waals surface area contributed by atoms with Crippen molar-refractivity contribution in [2.75, 3.05) is 5.32 Å². The van der Waals surface area contributed by atoms with Gasteiger partial charge < -0.3 is 9.88 Å². The second kappa shape index (κ2) is 3.61. The maximum atomic E-state index is 11.7. The summed E-state index contributed by atoms with van der Waals surface area (Å²) in [5.74, 6) is 0.407. The maximum Gasteiger partial charge on any atom is 0.273 e. The van der Waals surface area contributed by atoms with Gasteiger partial charge in [-0.25, -0.2) is 0 Å². The van der Waals surface area contributed by atoms with E-state index in [2.05, 4.69) is 10.4 Å². The van der Waals surface area contributed by atoms with Crippen LogP contribution in [0.2, 0.25) is 0 Å². The van der Waals surface area contributed by atoms with E-state index in [4.69, 9.17) is 0 Å². The van der Waals surface area contributed by atoms with Crippen LogP contribution in [-0.2, 0) is 14.1 Å². The predicted octanol–water partition coefficient (Wildman–Crippen LogP) is 1.01. The molecule has 15 heavy (non-hydrogen) atoms. The summed E-state index contributed by atoms with van der Waals surface area (Å²) < 4.78 is 3.40. The summed E-state index contributed by atoms with van der Waals surface area (Å²) in [4.78, 5) is 11.7. The van der Waals surface area contributed by atoms with Gasteiger partial charge in [-0.2, -0.15) is 5.10 Å². The Bertz CT molecular complexity index is 483. The molecule has 0 bridgehead atoms. The van der Waals surface area contributed by atoms with Crippen molar-refractivity contribution in [1.82, 2.24) is 14.3 Å². The van der Waals surface area contributed by atoms with Crippen molar-refractivity contribution in [3.05, 3.63) is 36.3 Å². The lowest BCUT2D eigenvalue weighted by Gasteiger charge is -2.02. The molecule has 5 heteroatoms. The molecule has 0 saturated heterocycles. The molecule has 0 radical (unpaired) electrons. The zero-order valence-electron chi connectivity index (χ0n) is 8.64. The molecule has 0 fully saturated rings. The lowest BCUT2D eigenvalue weighted by Crippen LogP contribution is -2.15. The molecule has 0 aliphatic heterocycles. The molecule has 2 aromatic heterocycles. The first kappa shape index (κ1) is 9.51. The maximum absolute atomic E-state index is 11.7. The first-order chi connectivity index (χ1) is 7.16. The Morgan fingerprint density at radius 3 is 2.67 bits per heavy atom. The van der Waals surface area contributed by atoms with Gasteiger partial charge in [0.25, 0.3) is 5.91 Å². The van der Waals surface area contributed by atoms with E-state index in [0.29, 0.717) is 11.5 Å². The van der Waals surface area contributed by atoms with Crippen LogP contribution in [0.4, 0.5) is 5.82 Å². The van der Waals surface area contributed by atoms with Crippen LogP contribution in [0.25, 0.3) is 0 Å². The molecule has 0 unspecified atom stereocenters. The van der Waals surface area contributed by atoms with Gasteiger partial charge in [0, 0.05) is 32.6 Å². The van der Waals surface area contributed by atoms with E-state index in [-0.39, 0.29) is 5.91 Å². The quantitative estimate of drug-likeness (QED) is 0.793. The molecule has 0 aliphatic rings. The van der Waals surface area contributed by atoms with Gasteiger partial charge in [-0.05, 0) is 12.1 Å². The molecular weight excluding hydrogens is 192 g/mol. The fourth-order valence-electron chi connectivity index (χ4n) is 1.36. The summed E-state index contributed by atoms with van der Waals surface area (Å²) in [7, 11) is 3.63. The molecule has 0 aliphatic carbocycles. The molecule has 0 spiro atoms. The molecule has 78 valence electrons. The van der Waals surface area contributed by atoms with Crippen LogP contribution in [0.3, 0.4) is 0 Å². The number of anilines is 1. The molecule has 0 aromatic carbocycles. The third kappa shape index (κ3) is 1.90. The first-order valence-electron chi connectivity index (χ1n) is 4.59. The van der Waals surface area contributed by atoms with E-state index in [1.165, 1.54) is 0 Å². The SMILES string of the molecule is Cn1ccc(NC(=O)c2cccn2C)n1. The number of nitrogens with zero attached hydrogens (tertiary/aromatic N) is 3. The van der Waals surface area contributed by atoms with Crippen LogP contribution in [0.1, 0.15) is 10.5 Å². The number of aromatic nitrogens is 3. The average molecular weight is 204 g/mol. The lowest BCUT2D eigenvalue weighted by molar-refractivity contribution is 0.101. The molecule has 2 aromatic rings. The number of amides is 1. The zero-order valence-corrected chi connectivity index (χ0v) is 8.64. The minimum absolute atomic E-state index is 0.152. The Kier molecular flexibility index (Phi) is 2.29. The lowest BCUT2D eigenvalue weighted by atomic mass is 10.4. The Morgan fingerprint density at radius 2 is 2.13 bits per heavy atom. The molecule has 0 saturated carbocycles. The van der Waals surface area contributed by atoms with Crippen molar-refractivity contribution in [2.24, 2.45) is 14.1 Å². The van der Waals surface area contributed by atoms with Gasteiger partial charge in [-0.3, -0.25) is 9.48 Å². The third-order valence-electron chi connectivity index (χ3n) is 2.13. The van der Waals surface area contributed by atoms with Gasteiger partial charge in [-0.1, -0.05) is 0 Å². The van der Waals surface area contributed by atoms with Gasteiger partial charge in [-0.15, -0.1) is 0 Å². The number of rotatable bonds is 2. The Labute approximate surface area is 87.3 Å². The summed E-state index contributed by atoms with van der Waals surface area (Å²) in [5, 5.41) is 6.78. The highest BCUT2D eigenvalue weighted by Gasteiger charge is 2.09. The summed E-state index contributed by atoms with van der Waals surface area (Å²) in [5.41, 5.74) is 0.612. The molecule has 2 rings (SSSR count). The van der Waals surface area contributed by atoms with E-state index in [0.717, 1.165) is 0 Å². The van der Waals surface area contributed by atoms with Crippen molar-refractivity contribution < 1.29 is 4.79 Å². The third-order valence-corrected chi connectivity index (χ3v) is 2.13. The minimum Gasteiger partial charge on any atom is -0.347 e. The number of carbonyl (C=O) groups excluding carboxylic acids is 1. The molecule has 5 nitrogen and oxygen atoms in total. The van der Waals surface area contributed by atoms with E-state index >= 15 is 0 Å². The van der Waals surface area contributed by atoms with Crippen LogP contribution in [0.15, 0.2) is 30.6 Å². The average Bonchev–Trinajstić information content (AvgIpc) is 2.75.